The van der Waals surface area contributed by atoms with Gasteiger partial charge in [0.15, 0.2) is 11.5 Å². The lowest BCUT2D eigenvalue weighted by molar-refractivity contribution is 0.317. The maximum absolute atomic E-state index is 9.91. The molecule has 0 aliphatic heterocycles. The van der Waals surface area contributed by atoms with E-state index in [0.717, 1.165) is 31.4 Å². The maximum Gasteiger partial charge on any atom is 0.161 e. The Morgan fingerprint density at radius 1 is 1.24 bits per heavy atom. The predicted octanol–water partition coefficient (Wildman–Crippen LogP) is 4.76. The average Bonchev–Trinajstić information content (AvgIpc) is 3.15. The summed E-state index contributed by atoms with van der Waals surface area (Å²) in [5, 5.41) is 18.3. The summed E-state index contributed by atoms with van der Waals surface area (Å²) in [6, 6.07) is 12.2. The van der Waals surface area contributed by atoms with E-state index in [1.807, 2.05) is 25.3 Å². The van der Waals surface area contributed by atoms with Crippen LogP contribution < -0.4 is 10.1 Å². The van der Waals surface area contributed by atoms with Gasteiger partial charge in [-0.2, -0.15) is 5.10 Å². The first kappa shape index (κ1) is 19.5. The molecule has 29 heavy (non-hydrogen) atoms. The number of nitrogens with zero attached hydrogens (tertiary/aromatic N) is 2. The van der Waals surface area contributed by atoms with Gasteiger partial charge in [-0.1, -0.05) is 18.2 Å². The second-order valence-corrected chi connectivity index (χ2v) is 7.74. The molecule has 0 unspecified atom stereocenters. The number of hydrogen-bond donors (Lipinski definition) is 2. The number of benzene rings is 2. The molecule has 1 heterocycles. The van der Waals surface area contributed by atoms with E-state index in [9.17, 15) is 5.11 Å². The molecule has 0 spiro atoms. The van der Waals surface area contributed by atoms with E-state index >= 15 is 0 Å². The highest BCUT2D eigenvalue weighted by Crippen LogP contribution is 2.33. The molecule has 1 aliphatic carbocycles. The largest absolute Gasteiger partial charge is 0.504 e. The number of phenolic OH excluding ortho intramolecular Hbond substituents is 1. The van der Waals surface area contributed by atoms with Gasteiger partial charge in [0.05, 0.1) is 18.5 Å². The first-order chi connectivity index (χ1) is 14.1. The first-order valence-corrected chi connectivity index (χ1v) is 10.4. The van der Waals surface area contributed by atoms with Crippen LogP contribution in [-0.2, 0) is 13.0 Å². The Balaban J connectivity index is 1.55. The van der Waals surface area contributed by atoms with E-state index in [1.54, 1.807) is 6.07 Å². The number of nitrogens with one attached hydrogen (secondary N) is 1. The third-order valence-corrected chi connectivity index (χ3v) is 5.86. The molecule has 0 bridgehead atoms. The quantitative estimate of drug-likeness (QED) is 0.636. The fourth-order valence-electron chi connectivity index (χ4n) is 4.12. The van der Waals surface area contributed by atoms with Crippen LogP contribution in [0.2, 0.25) is 0 Å². The molecule has 1 atom stereocenters. The van der Waals surface area contributed by atoms with Crippen LogP contribution in [0.4, 0.5) is 0 Å². The number of rotatable bonds is 6. The Kier molecular flexibility index (Phi) is 5.58. The lowest BCUT2D eigenvalue weighted by Gasteiger charge is -2.25. The van der Waals surface area contributed by atoms with Crippen molar-refractivity contribution >= 4 is 0 Å². The second kappa shape index (κ2) is 8.29. The van der Waals surface area contributed by atoms with E-state index < -0.39 is 0 Å². The standard InChI is InChI=1S/C24H29N3O2/c1-4-29-24-13-18(11-12-23(24)28)14-25-20-8-6-10-22-19(20)15-26-27(22)21-9-5-7-16(2)17(21)3/h5,7,9,11-13,15,20,25,28H,4,6,8,10,14H2,1-3H3/t20-/m0/s1. The molecule has 1 aliphatic rings. The summed E-state index contributed by atoms with van der Waals surface area (Å²) >= 11 is 0. The molecule has 0 saturated carbocycles. The van der Waals surface area contributed by atoms with Crippen LogP contribution in [0, 0.1) is 13.8 Å². The number of fused-ring (bicyclic) bond motifs is 1. The summed E-state index contributed by atoms with van der Waals surface area (Å²) < 4.78 is 7.63. The van der Waals surface area contributed by atoms with Crippen LogP contribution in [0.15, 0.2) is 42.6 Å². The van der Waals surface area contributed by atoms with Crippen LogP contribution in [0.1, 0.15) is 53.8 Å². The van der Waals surface area contributed by atoms with Crippen LogP contribution in [-0.4, -0.2) is 21.5 Å². The van der Waals surface area contributed by atoms with Crippen molar-refractivity contribution in [1.29, 1.82) is 0 Å². The number of aromatic nitrogens is 2. The van der Waals surface area contributed by atoms with Crippen molar-refractivity contribution < 1.29 is 9.84 Å². The van der Waals surface area contributed by atoms with Gasteiger partial charge in [0, 0.05) is 23.8 Å². The van der Waals surface area contributed by atoms with Gasteiger partial charge in [-0.25, -0.2) is 4.68 Å². The molecule has 3 aromatic rings. The fraction of sp³-hybridized carbons (Fsp3) is 0.375. The molecule has 0 radical (unpaired) electrons. The number of hydrogen-bond acceptors (Lipinski definition) is 4. The first-order valence-electron chi connectivity index (χ1n) is 10.4. The van der Waals surface area contributed by atoms with Gasteiger partial charge < -0.3 is 15.2 Å². The molecule has 0 saturated heterocycles. The Labute approximate surface area is 172 Å². The normalized spacial score (nSPS) is 15.9. The number of aryl methyl sites for hydroxylation is 1. The smallest absolute Gasteiger partial charge is 0.161 e. The summed E-state index contributed by atoms with van der Waals surface area (Å²) in [6.07, 6.45) is 5.31. The Morgan fingerprint density at radius 3 is 2.93 bits per heavy atom. The van der Waals surface area contributed by atoms with E-state index in [1.165, 1.54) is 28.1 Å². The highest BCUT2D eigenvalue weighted by Gasteiger charge is 2.25. The molecule has 0 fully saturated rings. The van der Waals surface area contributed by atoms with Gasteiger partial charge in [-0.3, -0.25) is 0 Å². The summed E-state index contributed by atoms with van der Waals surface area (Å²) in [7, 11) is 0. The highest BCUT2D eigenvalue weighted by molar-refractivity contribution is 5.46. The predicted molar refractivity (Wildman–Crippen MR) is 115 cm³/mol. The summed E-state index contributed by atoms with van der Waals surface area (Å²) in [6.45, 7) is 7.49. The summed E-state index contributed by atoms with van der Waals surface area (Å²) in [5.74, 6) is 0.726. The zero-order chi connectivity index (χ0) is 20.4. The van der Waals surface area contributed by atoms with Crippen molar-refractivity contribution in [3.8, 4) is 17.2 Å². The van der Waals surface area contributed by atoms with Crippen molar-refractivity contribution in [3.05, 3.63) is 70.5 Å². The van der Waals surface area contributed by atoms with E-state index in [2.05, 4.69) is 42.0 Å². The molecule has 4 rings (SSSR count). The average molecular weight is 392 g/mol. The number of phenols is 1. The van der Waals surface area contributed by atoms with Crippen molar-refractivity contribution in [2.45, 2.75) is 52.6 Å². The minimum Gasteiger partial charge on any atom is -0.504 e. The highest BCUT2D eigenvalue weighted by atomic mass is 16.5. The summed E-state index contributed by atoms with van der Waals surface area (Å²) in [5.41, 5.74) is 7.44. The molecular formula is C24H29N3O2. The maximum atomic E-state index is 9.91. The number of ether oxygens (including phenoxy) is 1. The zero-order valence-electron chi connectivity index (χ0n) is 17.4. The topological polar surface area (TPSA) is 59.3 Å². The van der Waals surface area contributed by atoms with Crippen LogP contribution in [0.3, 0.4) is 0 Å². The SMILES string of the molecule is CCOc1cc(CN[C@H]2CCCc3c2cnn3-c2cccc(C)c2C)ccc1O. The lowest BCUT2D eigenvalue weighted by Crippen LogP contribution is -2.25. The Bertz CT molecular complexity index is 1010. The van der Waals surface area contributed by atoms with Gasteiger partial charge in [0.2, 0.25) is 0 Å². The fourth-order valence-corrected chi connectivity index (χ4v) is 4.12. The third-order valence-electron chi connectivity index (χ3n) is 5.86. The van der Waals surface area contributed by atoms with E-state index in [-0.39, 0.29) is 11.8 Å². The monoisotopic (exact) mass is 391 g/mol. The minimum atomic E-state index is 0.186. The van der Waals surface area contributed by atoms with Gasteiger partial charge in [0.25, 0.3) is 0 Å². The van der Waals surface area contributed by atoms with E-state index in [0.29, 0.717) is 12.4 Å². The second-order valence-electron chi connectivity index (χ2n) is 7.74. The van der Waals surface area contributed by atoms with E-state index in [4.69, 9.17) is 9.84 Å². The van der Waals surface area contributed by atoms with Crippen LogP contribution in [0.5, 0.6) is 11.5 Å². The third kappa shape index (κ3) is 3.87. The molecule has 2 N–H and O–H groups in total. The Hall–Kier alpha value is -2.79. The van der Waals surface area contributed by atoms with Crippen molar-refractivity contribution in [2.75, 3.05) is 6.61 Å². The molecule has 152 valence electrons. The van der Waals surface area contributed by atoms with Gasteiger partial charge >= 0.3 is 0 Å². The van der Waals surface area contributed by atoms with Crippen LogP contribution in [0.25, 0.3) is 5.69 Å². The zero-order valence-corrected chi connectivity index (χ0v) is 17.4. The Morgan fingerprint density at radius 2 is 2.10 bits per heavy atom. The van der Waals surface area contributed by atoms with Crippen molar-refractivity contribution in [1.82, 2.24) is 15.1 Å². The molecule has 1 aromatic heterocycles. The van der Waals surface area contributed by atoms with Crippen molar-refractivity contribution in [3.63, 3.8) is 0 Å². The molecule has 0 amide bonds. The minimum absolute atomic E-state index is 0.186. The van der Waals surface area contributed by atoms with Gasteiger partial charge in [0.1, 0.15) is 0 Å². The van der Waals surface area contributed by atoms with Gasteiger partial charge in [-0.15, -0.1) is 0 Å². The molecule has 5 nitrogen and oxygen atoms in total. The molecule has 2 aromatic carbocycles. The van der Waals surface area contributed by atoms with Crippen LogP contribution >= 0.6 is 0 Å². The van der Waals surface area contributed by atoms with Gasteiger partial charge in [-0.05, 0) is 74.9 Å². The number of aromatic hydroxyl groups is 1. The lowest BCUT2D eigenvalue weighted by atomic mass is 9.92. The molecular weight excluding hydrogens is 362 g/mol. The molecule has 5 heteroatoms. The summed E-state index contributed by atoms with van der Waals surface area (Å²) in [4.78, 5) is 0. The van der Waals surface area contributed by atoms with Crippen molar-refractivity contribution in [2.24, 2.45) is 0 Å².